The molecule has 0 spiro atoms. The Hall–Kier alpha value is -1.55. The van der Waals surface area contributed by atoms with Crippen molar-refractivity contribution in [2.45, 2.75) is 13.5 Å². The summed E-state index contributed by atoms with van der Waals surface area (Å²) in [4.78, 5) is 16.9. The summed E-state index contributed by atoms with van der Waals surface area (Å²) in [5.74, 6) is 0.122. The van der Waals surface area contributed by atoms with Crippen LogP contribution in [0.3, 0.4) is 0 Å². The maximum atomic E-state index is 12.6. The molecule has 126 valence electrons. The van der Waals surface area contributed by atoms with E-state index >= 15 is 0 Å². The van der Waals surface area contributed by atoms with Crippen LogP contribution in [-0.2, 0) is 6.54 Å². The first-order valence-electron chi connectivity index (χ1n) is 8.06. The first-order valence-corrected chi connectivity index (χ1v) is 8.81. The summed E-state index contributed by atoms with van der Waals surface area (Å²) in [5.41, 5.74) is 2.89. The predicted molar refractivity (Wildman–Crippen MR) is 98.8 cm³/mol. The number of hydrogen-bond acceptors (Lipinski definition) is 2. The largest absolute Gasteiger partial charge is 0.336 e. The second-order valence-electron chi connectivity index (χ2n) is 6.12. The van der Waals surface area contributed by atoms with Gasteiger partial charge in [0.05, 0.1) is 0 Å². The third-order valence-electron chi connectivity index (χ3n) is 4.44. The van der Waals surface area contributed by atoms with Crippen molar-refractivity contribution in [3.05, 3.63) is 69.2 Å². The predicted octanol–water partition coefficient (Wildman–Crippen LogP) is 4.26. The normalized spacial score (nSPS) is 15.5. The fourth-order valence-corrected chi connectivity index (χ4v) is 3.45. The van der Waals surface area contributed by atoms with Gasteiger partial charge in [-0.15, -0.1) is 0 Å². The van der Waals surface area contributed by atoms with E-state index in [9.17, 15) is 4.79 Å². The maximum absolute atomic E-state index is 12.6. The highest BCUT2D eigenvalue weighted by molar-refractivity contribution is 6.35. The van der Waals surface area contributed by atoms with Crippen LogP contribution in [0.5, 0.6) is 0 Å². The molecular weight excluding hydrogens is 343 g/mol. The van der Waals surface area contributed by atoms with Crippen LogP contribution in [0.15, 0.2) is 42.5 Å². The van der Waals surface area contributed by atoms with Gasteiger partial charge in [0.15, 0.2) is 0 Å². The van der Waals surface area contributed by atoms with Gasteiger partial charge in [0, 0.05) is 48.3 Å². The second kappa shape index (κ2) is 7.56. The Balaban J connectivity index is 1.60. The number of rotatable bonds is 3. The van der Waals surface area contributed by atoms with Gasteiger partial charge in [-0.1, -0.05) is 47.5 Å². The average Bonchev–Trinajstić information content (AvgIpc) is 2.58. The number of carbonyl (C=O) groups excluding carboxylic acids is 1. The molecule has 2 aromatic carbocycles. The second-order valence-corrected chi connectivity index (χ2v) is 6.96. The molecule has 24 heavy (non-hydrogen) atoms. The Bertz CT molecular complexity index is 740. The maximum Gasteiger partial charge on any atom is 0.254 e. The molecule has 0 unspecified atom stereocenters. The number of hydrogen-bond donors (Lipinski definition) is 0. The van der Waals surface area contributed by atoms with Gasteiger partial charge in [-0.3, -0.25) is 9.69 Å². The van der Waals surface area contributed by atoms with Gasteiger partial charge >= 0.3 is 0 Å². The van der Waals surface area contributed by atoms with Crippen LogP contribution >= 0.6 is 23.2 Å². The van der Waals surface area contributed by atoms with E-state index in [-0.39, 0.29) is 5.91 Å². The molecular formula is C19H20Cl2N2O. The van der Waals surface area contributed by atoms with Gasteiger partial charge in [0.1, 0.15) is 0 Å². The van der Waals surface area contributed by atoms with Crippen LogP contribution in [0, 0.1) is 6.92 Å². The number of benzene rings is 2. The van der Waals surface area contributed by atoms with Crippen LogP contribution < -0.4 is 0 Å². The molecule has 1 heterocycles. The molecule has 5 heteroatoms. The zero-order chi connectivity index (χ0) is 17.1. The van der Waals surface area contributed by atoms with Crippen molar-refractivity contribution in [3.8, 4) is 0 Å². The number of aryl methyl sites for hydroxylation is 1. The number of halogens is 2. The van der Waals surface area contributed by atoms with Crippen LogP contribution in [0.25, 0.3) is 0 Å². The highest BCUT2D eigenvalue weighted by Crippen LogP contribution is 2.23. The molecule has 0 N–H and O–H groups in total. The molecule has 1 amide bonds. The first kappa shape index (κ1) is 17.3. The summed E-state index contributed by atoms with van der Waals surface area (Å²) in [6, 6.07) is 13.4. The van der Waals surface area contributed by atoms with Crippen LogP contribution in [0.4, 0.5) is 0 Å². The molecule has 2 aromatic rings. The minimum atomic E-state index is 0.122. The van der Waals surface area contributed by atoms with E-state index in [2.05, 4.69) is 4.90 Å². The Morgan fingerprint density at radius 2 is 1.75 bits per heavy atom. The van der Waals surface area contributed by atoms with Gasteiger partial charge in [0.25, 0.3) is 5.91 Å². The Labute approximate surface area is 152 Å². The van der Waals surface area contributed by atoms with Crippen molar-refractivity contribution < 1.29 is 4.79 Å². The van der Waals surface area contributed by atoms with Crippen LogP contribution in [0.1, 0.15) is 21.5 Å². The van der Waals surface area contributed by atoms with Crippen LogP contribution in [-0.4, -0.2) is 41.9 Å². The molecule has 1 aliphatic rings. The van der Waals surface area contributed by atoms with E-state index in [0.717, 1.165) is 49.4 Å². The standard InChI is InChI=1S/C19H20Cl2N2O/c1-14-4-2-3-5-17(14)19(24)23-10-8-22(9-11-23)13-15-6-7-16(20)12-18(15)21/h2-7,12H,8-11,13H2,1H3. The minimum absolute atomic E-state index is 0.122. The fourth-order valence-electron chi connectivity index (χ4n) is 2.98. The molecule has 1 aliphatic heterocycles. The smallest absolute Gasteiger partial charge is 0.254 e. The summed E-state index contributed by atoms with van der Waals surface area (Å²) in [7, 11) is 0. The molecule has 0 aliphatic carbocycles. The van der Waals surface area contributed by atoms with Gasteiger partial charge < -0.3 is 4.90 Å². The van der Waals surface area contributed by atoms with Crippen molar-refractivity contribution in [2.24, 2.45) is 0 Å². The molecule has 1 fully saturated rings. The fraction of sp³-hybridized carbons (Fsp3) is 0.316. The Morgan fingerprint density at radius 3 is 2.42 bits per heavy atom. The molecule has 3 nitrogen and oxygen atoms in total. The van der Waals surface area contributed by atoms with E-state index in [0.29, 0.717) is 10.0 Å². The van der Waals surface area contributed by atoms with Crippen LogP contribution in [0.2, 0.25) is 10.0 Å². The molecule has 1 saturated heterocycles. The number of carbonyl (C=O) groups is 1. The minimum Gasteiger partial charge on any atom is -0.336 e. The molecule has 0 aromatic heterocycles. The number of piperazine rings is 1. The van der Waals surface area contributed by atoms with Gasteiger partial charge in [-0.05, 0) is 36.2 Å². The lowest BCUT2D eigenvalue weighted by Gasteiger charge is -2.35. The van der Waals surface area contributed by atoms with Gasteiger partial charge in [-0.2, -0.15) is 0 Å². The number of nitrogens with zero attached hydrogens (tertiary/aromatic N) is 2. The topological polar surface area (TPSA) is 23.6 Å². The summed E-state index contributed by atoms with van der Waals surface area (Å²) in [6.45, 7) is 5.92. The lowest BCUT2D eigenvalue weighted by Crippen LogP contribution is -2.48. The zero-order valence-electron chi connectivity index (χ0n) is 13.6. The SMILES string of the molecule is Cc1ccccc1C(=O)N1CCN(Cc2ccc(Cl)cc2Cl)CC1. The summed E-state index contributed by atoms with van der Waals surface area (Å²) in [5, 5.41) is 1.35. The first-order chi connectivity index (χ1) is 11.5. The van der Waals surface area contributed by atoms with Crippen molar-refractivity contribution in [3.63, 3.8) is 0 Å². The Kier molecular flexibility index (Phi) is 5.44. The van der Waals surface area contributed by atoms with Crippen molar-refractivity contribution in [2.75, 3.05) is 26.2 Å². The molecule has 0 radical (unpaired) electrons. The van der Waals surface area contributed by atoms with E-state index in [1.54, 1.807) is 6.07 Å². The highest BCUT2D eigenvalue weighted by Gasteiger charge is 2.23. The van der Waals surface area contributed by atoms with Crippen molar-refractivity contribution in [1.29, 1.82) is 0 Å². The molecule has 0 atom stereocenters. The van der Waals surface area contributed by atoms with E-state index in [1.807, 2.05) is 48.2 Å². The van der Waals surface area contributed by atoms with E-state index in [1.165, 1.54) is 0 Å². The molecule has 0 saturated carbocycles. The Morgan fingerprint density at radius 1 is 1.04 bits per heavy atom. The number of amides is 1. The zero-order valence-corrected chi connectivity index (χ0v) is 15.1. The molecule has 3 rings (SSSR count). The summed E-state index contributed by atoms with van der Waals surface area (Å²) >= 11 is 12.2. The highest BCUT2D eigenvalue weighted by atomic mass is 35.5. The van der Waals surface area contributed by atoms with E-state index in [4.69, 9.17) is 23.2 Å². The quantitative estimate of drug-likeness (QED) is 0.814. The average molecular weight is 363 g/mol. The summed E-state index contributed by atoms with van der Waals surface area (Å²) < 4.78 is 0. The third-order valence-corrected chi connectivity index (χ3v) is 5.03. The van der Waals surface area contributed by atoms with Gasteiger partial charge in [0.2, 0.25) is 0 Å². The van der Waals surface area contributed by atoms with Crippen molar-refractivity contribution >= 4 is 29.1 Å². The lowest BCUT2D eigenvalue weighted by molar-refractivity contribution is 0.0628. The third kappa shape index (κ3) is 3.92. The molecule has 0 bridgehead atoms. The lowest BCUT2D eigenvalue weighted by atomic mass is 10.1. The monoisotopic (exact) mass is 362 g/mol. The van der Waals surface area contributed by atoms with Gasteiger partial charge in [-0.25, -0.2) is 0 Å². The summed E-state index contributed by atoms with van der Waals surface area (Å²) in [6.07, 6.45) is 0. The van der Waals surface area contributed by atoms with Crippen molar-refractivity contribution in [1.82, 2.24) is 9.80 Å². The van der Waals surface area contributed by atoms with E-state index < -0.39 is 0 Å².